The van der Waals surface area contributed by atoms with E-state index in [2.05, 4.69) is 4.18 Å². The summed E-state index contributed by atoms with van der Waals surface area (Å²) in [5.41, 5.74) is -5.95. The summed E-state index contributed by atoms with van der Waals surface area (Å²) in [7, 11) is -5.55. The van der Waals surface area contributed by atoms with E-state index < -0.39 is 15.6 Å². The molecule has 0 amide bonds. The van der Waals surface area contributed by atoms with E-state index in [1.165, 1.54) is 0 Å². The molecule has 0 spiro atoms. The molecule has 3 nitrogen and oxygen atoms in total. The van der Waals surface area contributed by atoms with E-state index in [4.69, 9.17) is 0 Å². The molecule has 0 aromatic rings. The molecule has 1 saturated carbocycles. The van der Waals surface area contributed by atoms with Crippen LogP contribution < -0.4 is 0 Å². The average molecular weight is 284 g/mol. The van der Waals surface area contributed by atoms with Crippen LogP contribution in [0.25, 0.3) is 0 Å². The van der Waals surface area contributed by atoms with Crippen molar-refractivity contribution in [3.05, 3.63) is 11.8 Å². The van der Waals surface area contributed by atoms with Gasteiger partial charge in [-0.15, -0.1) is 0 Å². The highest BCUT2D eigenvalue weighted by molar-refractivity contribution is 7.87. The van der Waals surface area contributed by atoms with E-state index in [-0.39, 0.29) is 22.5 Å². The third kappa shape index (κ3) is 1.66. The summed E-state index contributed by atoms with van der Waals surface area (Å²) in [6.45, 7) is 5.78. The molecule has 2 bridgehead atoms. The fourth-order valence-corrected chi connectivity index (χ4v) is 3.46. The normalized spacial score (nSPS) is 34.6. The van der Waals surface area contributed by atoms with E-state index in [1.807, 2.05) is 20.8 Å². The van der Waals surface area contributed by atoms with Gasteiger partial charge in [0.15, 0.2) is 0 Å². The summed E-state index contributed by atoms with van der Waals surface area (Å²) in [4.78, 5) is 0. The number of hydrogen-bond donors (Lipinski definition) is 0. The molecule has 2 rings (SSSR count). The Balaban J connectivity index is 2.31. The summed E-state index contributed by atoms with van der Waals surface area (Å²) in [5, 5.41) is 0. The van der Waals surface area contributed by atoms with Crippen LogP contribution in [0.3, 0.4) is 0 Å². The van der Waals surface area contributed by atoms with Gasteiger partial charge >= 0.3 is 15.6 Å². The van der Waals surface area contributed by atoms with E-state index in [0.717, 1.165) is 6.42 Å². The Morgan fingerprint density at radius 2 is 1.89 bits per heavy atom. The van der Waals surface area contributed by atoms with Crippen LogP contribution in [0.2, 0.25) is 0 Å². The van der Waals surface area contributed by atoms with E-state index in [0.29, 0.717) is 6.42 Å². The van der Waals surface area contributed by atoms with Crippen molar-refractivity contribution in [1.29, 1.82) is 0 Å². The summed E-state index contributed by atoms with van der Waals surface area (Å²) in [6.07, 6.45) is 3.04. The number of alkyl halides is 3. The van der Waals surface area contributed by atoms with Crippen LogP contribution >= 0.6 is 0 Å². The molecule has 0 aliphatic heterocycles. The van der Waals surface area contributed by atoms with Crippen LogP contribution in [-0.2, 0) is 14.3 Å². The molecule has 0 radical (unpaired) electrons. The van der Waals surface area contributed by atoms with Crippen molar-refractivity contribution >= 4 is 10.1 Å². The zero-order chi connectivity index (χ0) is 14.0. The molecule has 2 aliphatic carbocycles. The van der Waals surface area contributed by atoms with Gasteiger partial charge in [0.1, 0.15) is 5.76 Å². The predicted molar refractivity (Wildman–Crippen MR) is 58.8 cm³/mol. The molecule has 0 aromatic heterocycles. The Morgan fingerprint density at radius 1 is 1.33 bits per heavy atom. The van der Waals surface area contributed by atoms with Crippen molar-refractivity contribution in [3.63, 3.8) is 0 Å². The highest BCUT2D eigenvalue weighted by Crippen LogP contribution is 2.64. The molecule has 104 valence electrons. The molecule has 2 aliphatic rings. The summed E-state index contributed by atoms with van der Waals surface area (Å²) in [6, 6.07) is 0. The maximum absolute atomic E-state index is 12.3. The second kappa shape index (κ2) is 3.43. The number of halogens is 3. The Morgan fingerprint density at radius 3 is 2.22 bits per heavy atom. The van der Waals surface area contributed by atoms with Gasteiger partial charge in [-0.05, 0) is 29.7 Å². The lowest BCUT2D eigenvalue weighted by Crippen LogP contribution is -2.29. The highest BCUT2D eigenvalue weighted by Gasteiger charge is 2.59. The first-order valence-electron chi connectivity index (χ1n) is 5.64. The molecule has 0 heterocycles. The molecular weight excluding hydrogens is 269 g/mol. The SMILES string of the molecule is CC1(C)[C@@H]2CC[C@@]1(C)C=C2OS(=O)(=O)C(F)(F)F. The molecule has 7 heteroatoms. The molecule has 0 aromatic carbocycles. The summed E-state index contributed by atoms with van der Waals surface area (Å²) in [5.74, 6) is -0.314. The first-order chi connectivity index (χ1) is 7.91. The molecule has 1 fully saturated rings. The van der Waals surface area contributed by atoms with Crippen molar-refractivity contribution in [2.45, 2.75) is 39.1 Å². The third-order valence-corrected chi connectivity index (χ3v) is 5.57. The average Bonchev–Trinajstić information content (AvgIpc) is 2.44. The van der Waals surface area contributed by atoms with E-state index in [1.54, 1.807) is 6.08 Å². The zero-order valence-electron chi connectivity index (χ0n) is 10.3. The lowest BCUT2D eigenvalue weighted by molar-refractivity contribution is -0.0528. The van der Waals surface area contributed by atoms with Crippen molar-refractivity contribution in [2.24, 2.45) is 16.7 Å². The monoisotopic (exact) mass is 284 g/mol. The van der Waals surface area contributed by atoms with E-state index in [9.17, 15) is 21.6 Å². The molecule has 0 unspecified atom stereocenters. The smallest absolute Gasteiger partial charge is 0.381 e. The van der Waals surface area contributed by atoms with Gasteiger partial charge in [-0.1, -0.05) is 20.8 Å². The minimum Gasteiger partial charge on any atom is -0.381 e. The summed E-state index contributed by atoms with van der Waals surface area (Å²) >= 11 is 0. The van der Waals surface area contributed by atoms with Gasteiger partial charge in [0, 0.05) is 5.92 Å². The minimum absolute atomic E-state index is 0.0499. The second-order valence-corrected chi connectivity index (χ2v) is 7.30. The van der Waals surface area contributed by atoms with Gasteiger partial charge in [0.2, 0.25) is 0 Å². The Labute approximate surface area is 104 Å². The van der Waals surface area contributed by atoms with Crippen LogP contribution in [0.4, 0.5) is 13.2 Å². The van der Waals surface area contributed by atoms with Gasteiger partial charge < -0.3 is 4.18 Å². The van der Waals surface area contributed by atoms with Crippen molar-refractivity contribution in [2.75, 3.05) is 0 Å². The molecule has 2 atom stereocenters. The van der Waals surface area contributed by atoms with Crippen molar-refractivity contribution < 1.29 is 25.8 Å². The number of allylic oxidation sites excluding steroid dienone is 2. The van der Waals surface area contributed by atoms with Crippen LogP contribution in [-0.4, -0.2) is 13.9 Å². The Hall–Kier alpha value is -0.720. The Kier molecular flexibility index (Phi) is 2.61. The van der Waals surface area contributed by atoms with Crippen molar-refractivity contribution in [3.8, 4) is 0 Å². The predicted octanol–water partition coefficient (Wildman–Crippen LogP) is 3.19. The van der Waals surface area contributed by atoms with Crippen LogP contribution in [0.5, 0.6) is 0 Å². The molecule has 18 heavy (non-hydrogen) atoms. The Bertz CT molecular complexity index is 504. The molecule has 0 saturated heterocycles. The number of rotatable bonds is 2. The minimum atomic E-state index is -5.55. The zero-order valence-corrected chi connectivity index (χ0v) is 11.2. The molecule has 0 N–H and O–H groups in total. The van der Waals surface area contributed by atoms with Gasteiger partial charge in [-0.3, -0.25) is 0 Å². The van der Waals surface area contributed by atoms with E-state index >= 15 is 0 Å². The topological polar surface area (TPSA) is 43.4 Å². The van der Waals surface area contributed by atoms with Gasteiger partial charge in [0.25, 0.3) is 0 Å². The fourth-order valence-electron chi connectivity index (χ4n) is 2.95. The second-order valence-electron chi connectivity index (χ2n) is 5.76. The van der Waals surface area contributed by atoms with Gasteiger partial charge in [0.05, 0.1) is 0 Å². The third-order valence-electron chi connectivity index (χ3n) is 4.59. The largest absolute Gasteiger partial charge is 0.534 e. The first-order valence-corrected chi connectivity index (χ1v) is 7.05. The standard InChI is InChI=1S/C11H15F3O3S/c1-9(2)7-4-5-10(9,3)6-8(7)17-18(15,16)11(12,13)14/h6-7H,4-5H2,1-3H3/t7-,10+/m1/s1. The number of fused-ring (bicyclic) bond motifs is 2. The fraction of sp³-hybridized carbons (Fsp3) is 0.818. The number of hydrogen-bond acceptors (Lipinski definition) is 3. The maximum Gasteiger partial charge on any atom is 0.534 e. The van der Waals surface area contributed by atoms with Crippen LogP contribution in [0.1, 0.15) is 33.6 Å². The molecular formula is C11H15F3O3S. The maximum atomic E-state index is 12.3. The highest BCUT2D eigenvalue weighted by atomic mass is 32.2. The van der Waals surface area contributed by atoms with Crippen LogP contribution in [0, 0.1) is 16.7 Å². The van der Waals surface area contributed by atoms with Crippen molar-refractivity contribution in [1.82, 2.24) is 0 Å². The first kappa shape index (κ1) is 13.7. The van der Waals surface area contributed by atoms with Crippen LogP contribution in [0.15, 0.2) is 11.8 Å². The lowest BCUT2D eigenvalue weighted by Gasteiger charge is -2.33. The lowest BCUT2D eigenvalue weighted by atomic mass is 9.70. The quantitative estimate of drug-likeness (QED) is 0.577. The van der Waals surface area contributed by atoms with Gasteiger partial charge in [-0.25, -0.2) is 0 Å². The summed E-state index contributed by atoms with van der Waals surface area (Å²) < 4.78 is 63.2. The van der Waals surface area contributed by atoms with Gasteiger partial charge in [-0.2, -0.15) is 21.6 Å².